The Morgan fingerprint density at radius 1 is 1.33 bits per heavy atom. The summed E-state index contributed by atoms with van der Waals surface area (Å²) in [4.78, 5) is 27.8. The van der Waals surface area contributed by atoms with E-state index in [2.05, 4.69) is 42.3 Å². The lowest BCUT2D eigenvalue weighted by Crippen LogP contribution is -2.57. The topological polar surface area (TPSA) is 124 Å². The van der Waals surface area contributed by atoms with Crippen LogP contribution in [0, 0.1) is 5.41 Å². The highest BCUT2D eigenvalue weighted by Gasteiger charge is 2.62. The average Bonchev–Trinajstić information content (AvgIpc) is 3.42. The monoisotopic (exact) mass is 370 g/mol. The summed E-state index contributed by atoms with van der Waals surface area (Å²) >= 11 is 0. The quantitative estimate of drug-likeness (QED) is 0.677. The third kappa shape index (κ3) is 2.73. The molecule has 4 fully saturated rings. The van der Waals surface area contributed by atoms with E-state index in [9.17, 15) is 4.79 Å². The second-order valence-corrected chi connectivity index (χ2v) is 7.96. The first-order valence-corrected chi connectivity index (χ1v) is 9.55. The number of hydrogen-bond donors (Lipinski definition) is 3. The van der Waals surface area contributed by atoms with Gasteiger partial charge >= 0.3 is 5.97 Å². The van der Waals surface area contributed by atoms with Crippen molar-refractivity contribution >= 4 is 23.6 Å². The van der Waals surface area contributed by atoms with Crippen LogP contribution >= 0.6 is 0 Å². The van der Waals surface area contributed by atoms with Crippen LogP contribution in [0.5, 0.6) is 0 Å². The van der Waals surface area contributed by atoms with Crippen LogP contribution < -0.4 is 16.1 Å². The predicted molar refractivity (Wildman–Crippen MR) is 96.9 cm³/mol. The molecule has 0 radical (unpaired) electrons. The summed E-state index contributed by atoms with van der Waals surface area (Å²) in [5, 5.41) is 10.8. The van der Waals surface area contributed by atoms with Crippen LogP contribution in [0.4, 0.5) is 17.6 Å². The number of rotatable bonds is 5. The molecule has 9 heteroatoms. The summed E-state index contributed by atoms with van der Waals surface area (Å²) < 4.78 is 0. The standard InChI is InChI=1S/C18H24N7O2/c19-27-16(26)18-8-12(9-18)25(10-18)17-20-6-5-14(22-17)21-15-7-13(23-24-15)11-3-1-2-4-11/h5-7,11-12H,1-4,8-10H2,19H3,(H2,20,21,22,23,24)/q+1. The molecule has 2 aliphatic heterocycles. The van der Waals surface area contributed by atoms with Crippen LogP contribution in [-0.4, -0.2) is 38.7 Å². The SMILES string of the molecule is [NH3+]OC(=O)C12CC(C1)N(c1nccc(Nc3cc(C4CCCC4)[nH]n3)n1)C2. The summed E-state index contributed by atoms with van der Waals surface area (Å²) in [6, 6.07) is 4.19. The normalized spacial score (nSPS) is 26.9. The van der Waals surface area contributed by atoms with Crippen LogP contribution in [0.2, 0.25) is 0 Å². The Kier molecular flexibility index (Phi) is 3.78. The van der Waals surface area contributed by atoms with Crippen LogP contribution in [0.15, 0.2) is 18.3 Å². The molecule has 0 unspecified atom stereocenters. The highest BCUT2D eigenvalue weighted by atomic mass is 16.7. The van der Waals surface area contributed by atoms with E-state index in [1.54, 1.807) is 6.20 Å². The number of anilines is 3. The van der Waals surface area contributed by atoms with Crippen molar-refractivity contribution in [3.63, 3.8) is 0 Å². The van der Waals surface area contributed by atoms with E-state index in [4.69, 9.17) is 4.84 Å². The minimum absolute atomic E-state index is 0.230. The smallest absolute Gasteiger partial charge is 0.337 e. The van der Waals surface area contributed by atoms with Crippen molar-refractivity contribution in [1.82, 2.24) is 20.2 Å². The van der Waals surface area contributed by atoms with Gasteiger partial charge in [0.15, 0.2) is 5.82 Å². The molecule has 2 aliphatic carbocycles. The number of nitrogens with zero attached hydrogens (tertiary/aromatic N) is 4. The minimum Gasteiger partial charge on any atom is -0.337 e. The fraction of sp³-hybridized carbons (Fsp3) is 0.556. The lowest BCUT2D eigenvalue weighted by Gasteiger charge is -2.32. The molecular weight excluding hydrogens is 346 g/mol. The van der Waals surface area contributed by atoms with Gasteiger partial charge in [0, 0.05) is 36.5 Å². The van der Waals surface area contributed by atoms with Crippen molar-refractivity contribution < 1.29 is 15.5 Å². The fourth-order valence-electron chi connectivity index (χ4n) is 4.80. The molecule has 2 aromatic heterocycles. The Hall–Kier alpha value is -2.68. The lowest BCUT2D eigenvalue weighted by molar-refractivity contribution is -0.659. The number of aromatic amines is 1. The maximum Gasteiger partial charge on any atom is 0.374 e. The number of aromatic nitrogens is 4. The molecule has 0 amide bonds. The number of H-pyrrole nitrogens is 1. The van der Waals surface area contributed by atoms with E-state index in [0.29, 0.717) is 30.3 Å². The summed E-state index contributed by atoms with van der Waals surface area (Å²) in [5.41, 5.74) is 0.760. The number of carbonyl (C=O) groups is 1. The van der Waals surface area contributed by atoms with Gasteiger partial charge in [-0.3, -0.25) is 9.94 Å². The second-order valence-electron chi connectivity index (χ2n) is 7.96. The predicted octanol–water partition coefficient (Wildman–Crippen LogP) is 1.27. The fourth-order valence-corrected chi connectivity index (χ4v) is 4.80. The van der Waals surface area contributed by atoms with Crippen molar-refractivity contribution in [2.45, 2.75) is 50.5 Å². The molecule has 0 atom stereocenters. The van der Waals surface area contributed by atoms with Crippen molar-refractivity contribution in [3.05, 3.63) is 24.0 Å². The van der Waals surface area contributed by atoms with E-state index in [-0.39, 0.29) is 5.97 Å². The third-order valence-electron chi connectivity index (χ3n) is 6.28. The molecule has 5 N–H and O–H groups in total. The first-order chi connectivity index (χ1) is 13.2. The van der Waals surface area contributed by atoms with E-state index >= 15 is 0 Å². The van der Waals surface area contributed by atoms with Crippen LogP contribution in [-0.2, 0) is 9.63 Å². The van der Waals surface area contributed by atoms with E-state index in [1.807, 2.05) is 6.07 Å². The first-order valence-electron chi connectivity index (χ1n) is 9.55. The molecule has 0 spiro atoms. The molecule has 2 bridgehead atoms. The minimum atomic E-state index is -0.433. The Bertz CT molecular complexity index is 855. The second kappa shape index (κ2) is 6.19. The van der Waals surface area contributed by atoms with Gasteiger partial charge in [-0.25, -0.2) is 9.78 Å². The zero-order valence-corrected chi connectivity index (χ0v) is 15.1. The number of nitrogens with one attached hydrogen (secondary N) is 2. The Labute approximate surface area is 156 Å². The van der Waals surface area contributed by atoms with Gasteiger partial charge in [-0.15, -0.1) is 0 Å². The molecule has 0 aromatic carbocycles. The molecule has 4 heterocycles. The highest BCUT2D eigenvalue weighted by molar-refractivity contribution is 5.80. The zero-order valence-electron chi connectivity index (χ0n) is 15.1. The lowest BCUT2D eigenvalue weighted by atomic mass is 9.70. The zero-order chi connectivity index (χ0) is 18.4. The number of quaternary nitrogens is 1. The molecule has 27 heavy (non-hydrogen) atoms. The van der Waals surface area contributed by atoms with Gasteiger partial charge in [0.05, 0.1) is 5.41 Å². The van der Waals surface area contributed by atoms with Gasteiger partial charge < -0.3 is 10.2 Å². The van der Waals surface area contributed by atoms with Gasteiger partial charge in [-0.1, -0.05) is 12.8 Å². The molecular formula is C18H24N7O2+. The summed E-state index contributed by atoms with van der Waals surface area (Å²) in [5.74, 6) is 5.73. The van der Waals surface area contributed by atoms with Gasteiger partial charge in [0.2, 0.25) is 5.95 Å². The van der Waals surface area contributed by atoms with Crippen molar-refractivity contribution in [3.8, 4) is 0 Å². The Morgan fingerprint density at radius 2 is 2.15 bits per heavy atom. The summed E-state index contributed by atoms with van der Waals surface area (Å²) in [6.45, 7) is 0.587. The molecule has 9 nitrogen and oxygen atoms in total. The molecule has 2 aromatic rings. The molecule has 6 rings (SSSR count). The summed E-state index contributed by atoms with van der Waals surface area (Å²) in [6.07, 6.45) is 8.35. The Morgan fingerprint density at radius 3 is 2.93 bits per heavy atom. The molecule has 2 saturated carbocycles. The van der Waals surface area contributed by atoms with E-state index in [0.717, 1.165) is 18.7 Å². The Balaban J connectivity index is 1.30. The van der Waals surface area contributed by atoms with Crippen LogP contribution in [0.3, 0.4) is 0 Å². The third-order valence-corrected chi connectivity index (χ3v) is 6.28. The van der Waals surface area contributed by atoms with E-state index in [1.165, 1.54) is 31.4 Å². The largest absolute Gasteiger partial charge is 0.374 e. The maximum atomic E-state index is 12.0. The van der Waals surface area contributed by atoms with Gasteiger partial charge in [0.25, 0.3) is 0 Å². The highest BCUT2D eigenvalue weighted by Crippen LogP contribution is 2.53. The van der Waals surface area contributed by atoms with Crippen molar-refractivity contribution in [2.24, 2.45) is 5.41 Å². The van der Waals surface area contributed by atoms with Crippen molar-refractivity contribution in [1.29, 1.82) is 0 Å². The van der Waals surface area contributed by atoms with E-state index < -0.39 is 5.41 Å². The van der Waals surface area contributed by atoms with Gasteiger partial charge in [-0.2, -0.15) is 16.0 Å². The van der Waals surface area contributed by atoms with Gasteiger partial charge in [0.1, 0.15) is 5.82 Å². The molecule has 2 saturated heterocycles. The number of carbonyl (C=O) groups excluding carboxylic acids is 1. The van der Waals surface area contributed by atoms with Crippen LogP contribution in [0.1, 0.15) is 50.1 Å². The van der Waals surface area contributed by atoms with Gasteiger partial charge in [-0.05, 0) is 31.7 Å². The van der Waals surface area contributed by atoms with Crippen molar-refractivity contribution in [2.75, 3.05) is 16.8 Å². The first kappa shape index (κ1) is 16.5. The van der Waals surface area contributed by atoms with Crippen LogP contribution in [0.25, 0.3) is 0 Å². The maximum absolute atomic E-state index is 12.0. The number of fused-ring (bicyclic) bond motifs is 1. The average molecular weight is 370 g/mol. The molecule has 4 aliphatic rings. The molecule has 142 valence electrons. The number of hydrogen-bond acceptors (Lipinski definition) is 7. The summed E-state index contributed by atoms with van der Waals surface area (Å²) in [7, 11) is 0.